The highest BCUT2D eigenvalue weighted by Crippen LogP contribution is 2.40. The number of hydrogen-bond donors (Lipinski definition) is 4. The molecule has 6 rings (SSSR count). The molecule has 4 aliphatic rings. The number of fused-ring (bicyclic) bond motifs is 2. The number of aryl methyl sites for hydroxylation is 2. The Labute approximate surface area is 262 Å². The van der Waals surface area contributed by atoms with Crippen molar-refractivity contribution in [3.63, 3.8) is 0 Å². The van der Waals surface area contributed by atoms with Crippen LogP contribution in [0.4, 0.5) is 16.0 Å². The average molecular weight is 633 g/mol. The topological polar surface area (TPSA) is 127 Å². The van der Waals surface area contributed by atoms with Crippen LogP contribution in [-0.4, -0.2) is 78.1 Å². The predicted molar refractivity (Wildman–Crippen MR) is 164 cm³/mol. The van der Waals surface area contributed by atoms with Gasteiger partial charge in [-0.05, 0) is 68.2 Å². The van der Waals surface area contributed by atoms with Gasteiger partial charge in [-0.3, -0.25) is 5.32 Å². The Balaban J connectivity index is 1.12. The highest BCUT2D eigenvalue weighted by molar-refractivity contribution is 6.33. The first-order valence-corrected chi connectivity index (χ1v) is 16.1. The quantitative estimate of drug-likeness (QED) is 0.114. The predicted octanol–water partition coefficient (Wildman–Crippen LogP) is 4.74. The maximum atomic E-state index is 15.4. The Morgan fingerprint density at radius 2 is 2.02 bits per heavy atom. The van der Waals surface area contributed by atoms with Crippen molar-refractivity contribution < 1.29 is 33.6 Å². The van der Waals surface area contributed by atoms with Gasteiger partial charge in [0.2, 0.25) is 0 Å². The van der Waals surface area contributed by atoms with Gasteiger partial charge >= 0.3 is 0 Å². The molecule has 2 unspecified atom stereocenters. The maximum Gasteiger partial charge on any atom is 0.190 e. The zero-order valence-electron chi connectivity index (χ0n) is 25.2. The molecule has 3 heterocycles. The third-order valence-electron chi connectivity index (χ3n) is 8.97. The van der Waals surface area contributed by atoms with E-state index in [1.807, 2.05) is 19.9 Å². The van der Waals surface area contributed by atoms with Crippen molar-refractivity contribution in [3.05, 3.63) is 45.7 Å². The molecule has 0 amide bonds. The molecule has 1 aromatic carbocycles. The lowest BCUT2D eigenvalue weighted by Crippen LogP contribution is -2.41. The molecule has 0 spiro atoms. The first-order valence-electron chi connectivity index (χ1n) is 15.8. The Bertz CT molecular complexity index is 1360. The van der Waals surface area contributed by atoms with Crippen molar-refractivity contribution in [1.82, 2.24) is 10.3 Å². The summed E-state index contributed by atoms with van der Waals surface area (Å²) >= 11 is 6.61. The van der Waals surface area contributed by atoms with Gasteiger partial charge < -0.3 is 34.5 Å². The SMILES string of the molecule is CCCC(=Nc1nc(NC2CCc3cc(OCCNC(O)C4CCC4)cc(F)c32)c(Cl)cc1C)O[C@@H]1CO[C@H]2[C@@H]1OC[C@H]2O. The number of nitrogens with zero attached hydrogens (tertiary/aromatic N) is 2. The number of aliphatic hydroxyl groups is 2. The normalized spacial score (nSPS) is 27.1. The molecule has 4 N–H and O–H groups in total. The fourth-order valence-corrected chi connectivity index (χ4v) is 6.62. The van der Waals surface area contributed by atoms with Crippen molar-refractivity contribution in [3.8, 4) is 5.75 Å². The van der Waals surface area contributed by atoms with Gasteiger partial charge in [0.25, 0.3) is 0 Å². The molecule has 0 radical (unpaired) electrons. The number of aliphatic hydroxyl groups excluding tert-OH is 2. The molecule has 6 atom stereocenters. The lowest BCUT2D eigenvalue weighted by Gasteiger charge is -2.30. The van der Waals surface area contributed by atoms with Crippen molar-refractivity contribution in [2.45, 2.75) is 95.5 Å². The maximum absolute atomic E-state index is 15.4. The Hall–Kier alpha value is -2.54. The third kappa shape index (κ3) is 6.83. The summed E-state index contributed by atoms with van der Waals surface area (Å²) in [6.07, 6.45) is 3.76. The fraction of sp³-hybridized carbons (Fsp3) is 0.625. The van der Waals surface area contributed by atoms with Crippen LogP contribution >= 0.6 is 11.6 Å². The van der Waals surface area contributed by atoms with Gasteiger partial charge in [-0.25, -0.2) is 9.37 Å². The van der Waals surface area contributed by atoms with Crippen LogP contribution in [0, 0.1) is 18.7 Å². The number of anilines is 1. The van der Waals surface area contributed by atoms with Gasteiger partial charge in [0, 0.05) is 24.6 Å². The molecule has 2 aliphatic heterocycles. The molecule has 2 aromatic rings. The van der Waals surface area contributed by atoms with Gasteiger partial charge in [0.05, 0.1) is 24.3 Å². The van der Waals surface area contributed by atoms with E-state index in [1.165, 1.54) is 12.5 Å². The van der Waals surface area contributed by atoms with Gasteiger partial charge in [-0.2, -0.15) is 4.99 Å². The van der Waals surface area contributed by atoms with E-state index in [4.69, 9.17) is 40.5 Å². The van der Waals surface area contributed by atoms with Crippen LogP contribution in [0.15, 0.2) is 23.2 Å². The lowest BCUT2D eigenvalue weighted by molar-refractivity contribution is 0.00529. The summed E-state index contributed by atoms with van der Waals surface area (Å²) in [6.45, 7) is 5.28. The molecule has 2 saturated heterocycles. The van der Waals surface area contributed by atoms with Crippen LogP contribution in [-0.2, 0) is 20.6 Å². The molecule has 2 aliphatic carbocycles. The molecule has 0 bridgehead atoms. The molecule has 12 heteroatoms. The number of aliphatic imine (C=N–C) groups is 1. The number of benzene rings is 1. The summed E-state index contributed by atoms with van der Waals surface area (Å²) in [6, 6.07) is 4.79. The Kier molecular flexibility index (Phi) is 9.89. The van der Waals surface area contributed by atoms with Gasteiger partial charge in [0.1, 0.15) is 48.5 Å². The second kappa shape index (κ2) is 13.8. The summed E-state index contributed by atoms with van der Waals surface area (Å²) < 4.78 is 38.9. The van der Waals surface area contributed by atoms with E-state index < -0.39 is 12.3 Å². The van der Waals surface area contributed by atoms with E-state index in [9.17, 15) is 10.2 Å². The van der Waals surface area contributed by atoms with Gasteiger partial charge in [-0.1, -0.05) is 24.9 Å². The van der Waals surface area contributed by atoms with Crippen molar-refractivity contribution in [1.29, 1.82) is 0 Å². The number of rotatable bonds is 12. The number of halogens is 2. The zero-order chi connectivity index (χ0) is 30.8. The summed E-state index contributed by atoms with van der Waals surface area (Å²) in [5, 5.41) is 27.1. The largest absolute Gasteiger partial charge is 0.492 e. The van der Waals surface area contributed by atoms with E-state index in [2.05, 4.69) is 10.6 Å². The summed E-state index contributed by atoms with van der Waals surface area (Å²) in [4.78, 5) is 9.49. The molecule has 1 saturated carbocycles. The molecular formula is C32H42ClFN4O6. The smallest absolute Gasteiger partial charge is 0.190 e. The summed E-state index contributed by atoms with van der Waals surface area (Å²) in [5.41, 5.74) is 2.25. The highest BCUT2D eigenvalue weighted by Gasteiger charge is 2.48. The van der Waals surface area contributed by atoms with Crippen LogP contribution in [0.1, 0.15) is 68.2 Å². The second-order valence-corrected chi connectivity index (χ2v) is 12.6. The van der Waals surface area contributed by atoms with Crippen LogP contribution < -0.4 is 15.4 Å². The van der Waals surface area contributed by atoms with E-state index >= 15 is 4.39 Å². The molecule has 44 heavy (non-hydrogen) atoms. The van der Waals surface area contributed by atoms with Crippen molar-refractivity contribution in [2.75, 3.05) is 31.7 Å². The van der Waals surface area contributed by atoms with E-state index in [0.29, 0.717) is 78.8 Å². The monoisotopic (exact) mass is 632 g/mol. The Morgan fingerprint density at radius 3 is 2.80 bits per heavy atom. The number of hydrogen-bond acceptors (Lipinski definition) is 10. The van der Waals surface area contributed by atoms with E-state index in [1.54, 1.807) is 6.07 Å². The summed E-state index contributed by atoms with van der Waals surface area (Å²) in [5.74, 6) is 1.85. The van der Waals surface area contributed by atoms with Gasteiger partial charge in [-0.15, -0.1) is 0 Å². The fourth-order valence-electron chi connectivity index (χ4n) is 6.36. The second-order valence-electron chi connectivity index (χ2n) is 12.2. The third-order valence-corrected chi connectivity index (χ3v) is 9.26. The van der Waals surface area contributed by atoms with Crippen LogP contribution in [0.2, 0.25) is 5.02 Å². The zero-order valence-corrected chi connectivity index (χ0v) is 26.0. The molecule has 240 valence electrons. The molecule has 3 fully saturated rings. The van der Waals surface area contributed by atoms with E-state index in [-0.39, 0.29) is 36.8 Å². The first kappa shape index (κ1) is 31.4. The van der Waals surface area contributed by atoms with Gasteiger partial charge in [0.15, 0.2) is 17.8 Å². The molecular weight excluding hydrogens is 591 g/mol. The summed E-state index contributed by atoms with van der Waals surface area (Å²) in [7, 11) is 0. The van der Waals surface area contributed by atoms with Crippen molar-refractivity contribution in [2.24, 2.45) is 10.9 Å². The average Bonchev–Trinajstić information content (AvgIpc) is 3.65. The minimum atomic E-state index is -0.655. The molecule has 1 aromatic heterocycles. The minimum absolute atomic E-state index is 0.227. The number of pyridine rings is 1. The number of aromatic nitrogens is 1. The number of nitrogens with one attached hydrogen (secondary N) is 2. The highest BCUT2D eigenvalue weighted by atomic mass is 35.5. The lowest BCUT2D eigenvalue weighted by atomic mass is 9.84. The first-order chi connectivity index (χ1) is 21.3. The minimum Gasteiger partial charge on any atom is -0.492 e. The standard InChI is InChI=1S/C32H42ClFN4O6/c1-3-5-26(44-25-16-43-28-24(39)15-42-29(25)28)37-30-17(2)12-21(33)31(38-30)36-23-9-8-19-13-20(14-22(34)27(19)23)41-11-10-35-32(40)18-6-4-7-18/h12-14,18,23-25,28-29,32,35,39-40H,3-11,15-16H2,1-2H3,(H,36,38)/t23?,24-,25-,28-,29-,32?/m1/s1. The van der Waals surface area contributed by atoms with Crippen LogP contribution in [0.5, 0.6) is 5.75 Å². The van der Waals surface area contributed by atoms with Crippen LogP contribution in [0.3, 0.4) is 0 Å². The van der Waals surface area contributed by atoms with E-state index in [0.717, 1.165) is 30.4 Å². The van der Waals surface area contributed by atoms with Crippen LogP contribution in [0.25, 0.3) is 0 Å². The van der Waals surface area contributed by atoms with Crippen molar-refractivity contribution >= 4 is 29.1 Å². The number of ether oxygens (including phenoxy) is 4. The molecule has 10 nitrogen and oxygen atoms in total. The Morgan fingerprint density at radius 1 is 1.20 bits per heavy atom.